The van der Waals surface area contributed by atoms with Crippen molar-refractivity contribution in [1.29, 1.82) is 0 Å². The zero-order valence-electron chi connectivity index (χ0n) is 14.8. The Kier molecular flexibility index (Phi) is 6.97. The fourth-order valence-electron chi connectivity index (χ4n) is 2.64. The number of nitrogens with one attached hydrogen (secondary N) is 1. The molecule has 2 aromatic rings. The number of halogens is 1. The van der Waals surface area contributed by atoms with E-state index in [1.54, 1.807) is 31.2 Å². The molecule has 1 amide bonds. The number of anilines is 2. The van der Waals surface area contributed by atoms with Crippen LogP contribution in [0.1, 0.15) is 13.3 Å². The molecule has 2 aromatic carbocycles. The maximum Gasteiger partial charge on any atom is 0.248 e. The largest absolute Gasteiger partial charge is 0.323 e. The van der Waals surface area contributed by atoms with Crippen LogP contribution in [0.3, 0.4) is 0 Å². The summed E-state index contributed by atoms with van der Waals surface area (Å²) in [6.45, 7) is 1.77. The lowest BCUT2D eigenvalue weighted by Crippen LogP contribution is -2.47. The van der Waals surface area contributed by atoms with Gasteiger partial charge in [0.25, 0.3) is 0 Å². The summed E-state index contributed by atoms with van der Waals surface area (Å²) in [5, 5.41) is 3.25. The van der Waals surface area contributed by atoms with Crippen molar-refractivity contribution in [3.8, 4) is 0 Å². The van der Waals surface area contributed by atoms with Gasteiger partial charge in [0.15, 0.2) is 0 Å². The molecule has 0 radical (unpaired) electrons. The molecular weight excluding hydrogens is 392 g/mol. The number of hydrogen-bond acceptors (Lipinski definition) is 4. The van der Waals surface area contributed by atoms with Crippen LogP contribution in [0.2, 0.25) is 5.02 Å². The predicted octanol–water partition coefficient (Wildman–Crippen LogP) is 4.25. The van der Waals surface area contributed by atoms with Crippen LogP contribution in [0.25, 0.3) is 0 Å². The van der Waals surface area contributed by atoms with Crippen LogP contribution >= 0.6 is 23.4 Å². The Morgan fingerprint density at radius 2 is 1.92 bits per heavy atom. The minimum Gasteiger partial charge on any atom is -0.323 e. The molecule has 1 atom stereocenters. The Hall–Kier alpha value is -1.70. The number of amides is 1. The third kappa shape index (κ3) is 4.93. The minimum atomic E-state index is -3.69. The van der Waals surface area contributed by atoms with E-state index < -0.39 is 16.1 Å². The smallest absolute Gasteiger partial charge is 0.248 e. The molecule has 8 heteroatoms. The number of hydrogen-bond donors (Lipinski definition) is 1. The third-order valence-electron chi connectivity index (χ3n) is 3.76. The van der Waals surface area contributed by atoms with Crippen LogP contribution in [-0.4, -0.2) is 32.9 Å². The summed E-state index contributed by atoms with van der Waals surface area (Å²) in [4.78, 5) is 13.8. The van der Waals surface area contributed by atoms with Crippen molar-refractivity contribution >= 4 is 50.7 Å². The van der Waals surface area contributed by atoms with E-state index in [0.717, 1.165) is 15.5 Å². The molecule has 0 spiro atoms. The molecule has 26 heavy (non-hydrogen) atoms. The fraction of sp³-hybridized carbons (Fsp3) is 0.278. The van der Waals surface area contributed by atoms with E-state index in [1.165, 1.54) is 17.8 Å². The first-order valence-electron chi connectivity index (χ1n) is 7.96. The monoisotopic (exact) mass is 412 g/mol. The summed E-state index contributed by atoms with van der Waals surface area (Å²) in [5.74, 6) is -0.389. The van der Waals surface area contributed by atoms with Crippen molar-refractivity contribution in [3.63, 3.8) is 0 Å². The van der Waals surface area contributed by atoms with Gasteiger partial charge in [0.05, 0.1) is 17.6 Å². The summed E-state index contributed by atoms with van der Waals surface area (Å²) >= 11 is 7.52. The summed E-state index contributed by atoms with van der Waals surface area (Å²) < 4.78 is 26.0. The zero-order chi connectivity index (χ0) is 19.3. The molecule has 0 bridgehead atoms. The molecule has 1 unspecified atom stereocenters. The van der Waals surface area contributed by atoms with Crippen molar-refractivity contribution < 1.29 is 13.2 Å². The van der Waals surface area contributed by atoms with Crippen LogP contribution in [0.5, 0.6) is 0 Å². The molecule has 0 heterocycles. The van der Waals surface area contributed by atoms with Crippen LogP contribution in [0.4, 0.5) is 11.4 Å². The molecule has 0 aliphatic heterocycles. The lowest BCUT2D eigenvalue weighted by molar-refractivity contribution is -0.117. The zero-order valence-corrected chi connectivity index (χ0v) is 17.2. The van der Waals surface area contributed by atoms with Crippen LogP contribution in [0.15, 0.2) is 53.4 Å². The molecule has 2 rings (SSSR count). The standard InChI is InChI=1S/C18H21ClN2O3S2/c1-4-16(18(22)20-15-10-5-6-11-17(15)25-2)21(26(3,23)24)14-9-7-8-13(19)12-14/h5-12,16H,4H2,1-3H3,(H,20,22). The van der Waals surface area contributed by atoms with Gasteiger partial charge in [0.1, 0.15) is 6.04 Å². The first kappa shape index (κ1) is 20.6. The topological polar surface area (TPSA) is 66.5 Å². The summed E-state index contributed by atoms with van der Waals surface area (Å²) in [6.07, 6.45) is 3.31. The predicted molar refractivity (Wildman–Crippen MR) is 110 cm³/mol. The van der Waals surface area contributed by atoms with Crippen LogP contribution in [-0.2, 0) is 14.8 Å². The van der Waals surface area contributed by atoms with Crippen molar-refractivity contribution in [2.45, 2.75) is 24.3 Å². The third-order valence-corrected chi connectivity index (χ3v) is 5.97. The molecule has 0 fully saturated rings. The van der Waals surface area contributed by atoms with Gasteiger partial charge in [0, 0.05) is 9.92 Å². The number of rotatable bonds is 7. The lowest BCUT2D eigenvalue weighted by atomic mass is 10.2. The normalized spacial score (nSPS) is 12.5. The average Bonchev–Trinajstić information content (AvgIpc) is 2.58. The number of carbonyl (C=O) groups excluding carboxylic acids is 1. The maximum absolute atomic E-state index is 12.9. The first-order chi connectivity index (χ1) is 12.3. The molecule has 0 saturated heterocycles. The van der Waals surface area contributed by atoms with Gasteiger partial charge in [-0.05, 0) is 43.0 Å². The second-order valence-electron chi connectivity index (χ2n) is 5.65. The quantitative estimate of drug-likeness (QED) is 0.690. The van der Waals surface area contributed by atoms with Gasteiger partial charge < -0.3 is 5.32 Å². The Bertz CT molecular complexity index is 888. The van der Waals surface area contributed by atoms with E-state index >= 15 is 0 Å². The second-order valence-corrected chi connectivity index (χ2v) is 8.80. The van der Waals surface area contributed by atoms with Gasteiger partial charge in [-0.15, -0.1) is 11.8 Å². The fourth-order valence-corrected chi connectivity index (χ4v) is 4.58. The number of carbonyl (C=O) groups is 1. The maximum atomic E-state index is 12.9. The second kappa shape index (κ2) is 8.79. The van der Waals surface area contributed by atoms with E-state index in [0.29, 0.717) is 22.8 Å². The van der Waals surface area contributed by atoms with Gasteiger partial charge >= 0.3 is 0 Å². The van der Waals surface area contributed by atoms with Crippen molar-refractivity contribution in [2.24, 2.45) is 0 Å². The molecule has 0 aromatic heterocycles. The first-order valence-corrected chi connectivity index (χ1v) is 11.4. The molecule has 0 aliphatic rings. The van der Waals surface area contributed by atoms with E-state index in [2.05, 4.69) is 5.32 Å². The van der Waals surface area contributed by atoms with Gasteiger partial charge in [0.2, 0.25) is 15.9 Å². The minimum absolute atomic E-state index is 0.312. The van der Waals surface area contributed by atoms with Crippen LogP contribution in [0, 0.1) is 0 Å². The lowest BCUT2D eigenvalue weighted by Gasteiger charge is -2.30. The molecule has 5 nitrogen and oxygen atoms in total. The number of para-hydroxylation sites is 1. The highest BCUT2D eigenvalue weighted by Gasteiger charge is 2.31. The van der Waals surface area contributed by atoms with Gasteiger partial charge in [-0.2, -0.15) is 0 Å². The average molecular weight is 413 g/mol. The highest BCUT2D eigenvalue weighted by atomic mass is 35.5. The number of sulfonamides is 1. The summed E-state index contributed by atoms with van der Waals surface area (Å²) in [6, 6.07) is 13.0. The molecule has 140 valence electrons. The summed E-state index contributed by atoms with van der Waals surface area (Å²) in [7, 11) is -3.69. The molecule has 0 aliphatic carbocycles. The SMILES string of the molecule is CCC(C(=O)Nc1ccccc1SC)N(c1cccc(Cl)c1)S(C)(=O)=O. The van der Waals surface area contributed by atoms with Crippen molar-refractivity contribution in [2.75, 3.05) is 22.1 Å². The van der Waals surface area contributed by atoms with Crippen molar-refractivity contribution in [3.05, 3.63) is 53.6 Å². The highest BCUT2D eigenvalue weighted by molar-refractivity contribution is 7.98. The Morgan fingerprint density at radius 1 is 1.23 bits per heavy atom. The van der Waals surface area contributed by atoms with Gasteiger partial charge in [-0.25, -0.2) is 8.42 Å². The van der Waals surface area contributed by atoms with Gasteiger partial charge in [-0.3, -0.25) is 9.10 Å². The number of benzene rings is 2. The van der Waals surface area contributed by atoms with E-state index in [4.69, 9.17) is 11.6 Å². The molecule has 0 saturated carbocycles. The number of nitrogens with zero attached hydrogens (tertiary/aromatic N) is 1. The van der Waals surface area contributed by atoms with Gasteiger partial charge in [-0.1, -0.05) is 36.7 Å². The number of thioether (sulfide) groups is 1. The Balaban J connectivity index is 2.40. The highest BCUT2D eigenvalue weighted by Crippen LogP contribution is 2.28. The Labute approximate surface area is 163 Å². The molecule has 1 N–H and O–H groups in total. The van der Waals surface area contributed by atoms with E-state index in [1.807, 2.05) is 24.5 Å². The van der Waals surface area contributed by atoms with Crippen molar-refractivity contribution in [1.82, 2.24) is 0 Å². The molecular formula is C18H21ClN2O3S2. The van der Waals surface area contributed by atoms with E-state index in [-0.39, 0.29) is 5.91 Å². The van der Waals surface area contributed by atoms with Crippen LogP contribution < -0.4 is 9.62 Å². The Morgan fingerprint density at radius 3 is 2.50 bits per heavy atom. The van der Waals surface area contributed by atoms with E-state index in [9.17, 15) is 13.2 Å². The summed E-state index contributed by atoms with van der Waals surface area (Å²) in [5.41, 5.74) is 1.02.